The molecule has 26 heavy (non-hydrogen) atoms. The van der Waals surface area contributed by atoms with E-state index in [2.05, 4.69) is 39.7 Å². The number of rotatable bonds is 6. The van der Waals surface area contributed by atoms with E-state index in [4.69, 9.17) is 4.52 Å². The molecule has 0 spiro atoms. The maximum Gasteiger partial charge on any atom is 0.257 e. The van der Waals surface area contributed by atoms with Gasteiger partial charge >= 0.3 is 0 Å². The molecular formula is C21H21N3O2. The van der Waals surface area contributed by atoms with E-state index in [-0.39, 0.29) is 5.91 Å². The van der Waals surface area contributed by atoms with Crippen LogP contribution in [0.15, 0.2) is 59.1 Å². The lowest BCUT2D eigenvalue weighted by Gasteiger charge is -2.11. The summed E-state index contributed by atoms with van der Waals surface area (Å²) in [5.41, 5.74) is 3.61. The van der Waals surface area contributed by atoms with Gasteiger partial charge in [0.25, 0.3) is 5.89 Å². The number of nitrogens with zero attached hydrogens (tertiary/aromatic N) is 2. The quantitative estimate of drug-likeness (QED) is 0.741. The Morgan fingerprint density at radius 3 is 2.81 bits per heavy atom. The number of aryl methyl sites for hydroxylation is 1. The molecule has 1 N–H and O–H groups in total. The van der Waals surface area contributed by atoms with Crippen molar-refractivity contribution in [2.45, 2.75) is 31.6 Å². The molecule has 5 heteroatoms. The first-order valence-corrected chi connectivity index (χ1v) is 9.02. The third-order valence-electron chi connectivity index (χ3n) is 4.85. The zero-order valence-corrected chi connectivity index (χ0v) is 14.5. The minimum atomic E-state index is 0.0819. The predicted octanol–water partition coefficient (Wildman–Crippen LogP) is 3.52. The molecule has 0 saturated heterocycles. The Morgan fingerprint density at radius 2 is 1.92 bits per heavy atom. The second kappa shape index (κ2) is 7.52. The van der Waals surface area contributed by atoms with Gasteiger partial charge in [0.1, 0.15) is 0 Å². The van der Waals surface area contributed by atoms with Crippen molar-refractivity contribution in [2.24, 2.45) is 0 Å². The number of hydrogen-bond donors (Lipinski definition) is 1. The van der Waals surface area contributed by atoms with Gasteiger partial charge in [0.15, 0.2) is 5.82 Å². The van der Waals surface area contributed by atoms with E-state index < -0.39 is 0 Å². The third-order valence-corrected chi connectivity index (χ3v) is 4.85. The fourth-order valence-electron chi connectivity index (χ4n) is 3.52. The Balaban J connectivity index is 1.26. The minimum absolute atomic E-state index is 0.0819. The Kier molecular flexibility index (Phi) is 4.78. The summed E-state index contributed by atoms with van der Waals surface area (Å²) in [4.78, 5) is 16.6. The van der Waals surface area contributed by atoms with E-state index in [9.17, 15) is 4.79 Å². The molecular weight excluding hydrogens is 326 g/mol. The molecule has 0 bridgehead atoms. The fourth-order valence-corrected chi connectivity index (χ4v) is 3.52. The molecule has 0 saturated carbocycles. The maximum absolute atomic E-state index is 12.3. The maximum atomic E-state index is 12.3. The van der Waals surface area contributed by atoms with Gasteiger partial charge in [0, 0.05) is 24.9 Å². The summed E-state index contributed by atoms with van der Waals surface area (Å²) in [5.74, 6) is 1.53. The van der Waals surface area contributed by atoms with Crippen molar-refractivity contribution in [3.8, 4) is 11.5 Å². The van der Waals surface area contributed by atoms with E-state index >= 15 is 0 Å². The largest absolute Gasteiger partial charge is 0.356 e. The van der Waals surface area contributed by atoms with Crippen molar-refractivity contribution in [3.63, 3.8) is 0 Å². The first kappa shape index (κ1) is 16.5. The molecule has 2 aromatic carbocycles. The molecule has 1 unspecified atom stereocenters. The highest BCUT2D eigenvalue weighted by molar-refractivity contribution is 5.77. The van der Waals surface area contributed by atoms with Crippen molar-refractivity contribution >= 4 is 5.91 Å². The molecule has 1 aliphatic rings. The average Bonchev–Trinajstić information content (AvgIpc) is 3.30. The van der Waals surface area contributed by atoms with Gasteiger partial charge in [-0.2, -0.15) is 4.98 Å². The molecule has 1 aliphatic carbocycles. The van der Waals surface area contributed by atoms with E-state index in [1.54, 1.807) is 0 Å². The van der Waals surface area contributed by atoms with Gasteiger partial charge in [-0.1, -0.05) is 47.6 Å². The lowest BCUT2D eigenvalue weighted by atomic mass is 9.97. The van der Waals surface area contributed by atoms with Crippen molar-refractivity contribution in [1.82, 2.24) is 15.5 Å². The Labute approximate surface area is 152 Å². The highest BCUT2D eigenvalue weighted by Gasteiger charge is 2.24. The molecule has 0 radical (unpaired) electrons. The van der Waals surface area contributed by atoms with Crippen LogP contribution in [0.2, 0.25) is 0 Å². The topological polar surface area (TPSA) is 68.0 Å². The molecule has 3 aromatic rings. The summed E-state index contributed by atoms with van der Waals surface area (Å²) < 4.78 is 5.28. The number of aromatic nitrogens is 2. The van der Waals surface area contributed by atoms with Gasteiger partial charge in [-0.25, -0.2) is 0 Å². The normalized spacial score (nSPS) is 15.6. The molecule has 132 valence electrons. The van der Waals surface area contributed by atoms with Crippen LogP contribution in [0.5, 0.6) is 0 Å². The minimum Gasteiger partial charge on any atom is -0.356 e. The van der Waals surface area contributed by atoms with Crippen molar-refractivity contribution in [2.75, 3.05) is 6.54 Å². The Hall–Kier alpha value is -2.95. The molecule has 0 fully saturated rings. The number of fused-ring (bicyclic) bond motifs is 1. The number of nitrogens with one attached hydrogen (secondary N) is 1. The summed E-state index contributed by atoms with van der Waals surface area (Å²) in [7, 11) is 0. The van der Waals surface area contributed by atoms with Gasteiger partial charge in [0.2, 0.25) is 5.91 Å². The highest BCUT2D eigenvalue weighted by atomic mass is 16.5. The van der Waals surface area contributed by atoms with Crippen molar-refractivity contribution in [3.05, 3.63) is 71.5 Å². The molecule has 1 amide bonds. The van der Waals surface area contributed by atoms with Crippen LogP contribution in [-0.4, -0.2) is 22.6 Å². The van der Waals surface area contributed by atoms with Crippen LogP contribution in [0.3, 0.4) is 0 Å². The molecule has 4 rings (SSSR count). The smallest absolute Gasteiger partial charge is 0.257 e. The van der Waals surface area contributed by atoms with E-state index in [0.29, 0.717) is 37.0 Å². The Morgan fingerprint density at radius 1 is 1.12 bits per heavy atom. The molecule has 1 aromatic heterocycles. The van der Waals surface area contributed by atoms with E-state index in [0.717, 1.165) is 18.4 Å². The van der Waals surface area contributed by atoms with E-state index in [1.807, 2.05) is 30.3 Å². The zero-order chi connectivity index (χ0) is 17.8. The predicted molar refractivity (Wildman–Crippen MR) is 98.6 cm³/mol. The van der Waals surface area contributed by atoms with Crippen LogP contribution < -0.4 is 5.32 Å². The highest BCUT2D eigenvalue weighted by Crippen LogP contribution is 2.35. The second-order valence-electron chi connectivity index (χ2n) is 6.62. The molecule has 0 aliphatic heterocycles. The van der Waals surface area contributed by atoms with Gasteiger partial charge < -0.3 is 9.84 Å². The lowest BCUT2D eigenvalue weighted by molar-refractivity contribution is -0.121. The van der Waals surface area contributed by atoms with Crippen molar-refractivity contribution < 1.29 is 9.32 Å². The number of benzene rings is 2. The van der Waals surface area contributed by atoms with Crippen LogP contribution in [0.1, 0.15) is 35.7 Å². The summed E-state index contributed by atoms with van der Waals surface area (Å²) in [6.07, 6.45) is 3.22. The monoisotopic (exact) mass is 347 g/mol. The molecule has 5 nitrogen and oxygen atoms in total. The Bertz CT molecular complexity index is 889. The average molecular weight is 347 g/mol. The fraction of sp³-hybridized carbons (Fsp3) is 0.286. The van der Waals surface area contributed by atoms with Gasteiger partial charge in [-0.05, 0) is 42.0 Å². The van der Waals surface area contributed by atoms with E-state index in [1.165, 1.54) is 11.1 Å². The molecule has 1 heterocycles. The second-order valence-corrected chi connectivity index (χ2v) is 6.62. The first-order valence-electron chi connectivity index (χ1n) is 9.02. The summed E-state index contributed by atoms with van der Waals surface area (Å²) in [5, 5.41) is 6.96. The van der Waals surface area contributed by atoms with Crippen LogP contribution >= 0.6 is 0 Å². The number of hydrogen-bond acceptors (Lipinski definition) is 4. The zero-order valence-electron chi connectivity index (χ0n) is 14.5. The number of carbonyl (C=O) groups is 1. The standard InChI is InChI=1S/C21H21N3O2/c25-20(14-17-11-10-15-6-4-5-9-18(15)17)22-13-12-19-23-21(26-24-19)16-7-2-1-3-8-16/h1-9,17H,10-14H2,(H,22,25). The number of carbonyl (C=O) groups excluding carboxylic acids is 1. The number of amides is 1. The van der Waals surface area contributed by atoms with Gasteiger partial charge in [0.05, 0.1) is 0 Å². The summed E-state index contributed by atoms with van der Waals surface area (Å²) in [6.45, 7) is 0.515. The van der Waals surface area contributed by atoms with Crippen LogP contribution in [0.4, 0.5) is 0 Å². The van der Waals surface area contributed by atoms with Gasteiger partial charge in [-0.3, -0.25) is 4.79 Å². The van der Waals surface area contributed by atoms with Crippen LogP contribution in [0, 0.1) is 0 Å². The van der Waals surface area contributed by atoms with Gasteiger partial charge in [-0.15, -0.1) is 0 Å². The van der Waals surface area contributed by atoms with Crippen LogP contribution in [0.25, 0.3) is 11.5 Å². The third kappa shape index (κ3) is 3.67. The summed E-state index contributed by atoms with van der Waals surface area (Å²) in [6, 6.07) is 18.1. The summed E-state index contributed by atoms with van der Waals surface area (Å²) >= 11 is 0. The van der Waals surface area contributed by atoms with Crippen LogP contribution in [-0.2, 0) is 17.6 Å². The first-order chi connectivity index (χ1) is 12.8. The molecule has 1 atom stereocenters. The SMILES string of the molecule is O=C(CC1CCc2ccccc21)NCCc1noc(-c2ccccc2)n1. The van der Waals surface area contributed by atoms with Crippen molar-refractivity contribution in [1.29, 1.82) is 0 Å². The lowest BCUT2D eigenvalue weighted by Crippen LogP contribution is -2.27.